The molecule has 7 heteroatoms. The lowest BCUT2D eigenvalue weighted by molar-refractivity contribution is 0.0947. The molecule has 0 atom stereocenters. The van der Waals surface area contributed by atoms with Crippen molar-refractivity contribution in [1.82, 2.24) is 19.9 Å². The van der Waals surface area contributed by atoms with E-state index in [1.807, 2.05) is 72.2 Å². The van der Waals surface area contributed by atoms with Gasteiger partial charge < -0.3 is 14.2 Å². The van der Waals surface area contributed by atoms with E-state index in [0.717, 1.165) is 27.7 Å². The zero-order valence-electron chi connectivity index (χ0n) is 14.8. The highest BCUT2D eigenvalue weighted by Gasteiger charge is 2.13. The van der Waals surface area contributed by atoms with E-state index in [0.29, 0.717) is 17.9 Å². The molecule has 0 aliphatic heterocycles. The minimum atomic E-state index is -0.119. The first kappa shape index (κ1) is 17.4. The summed E-state index contributed by atoms with van der Waals surface area (Å²) < 4.78 is 7.03. The van der Waals surface area contributed by atoms with E-state index in [4.69, 9.17) is 4.52 Å². The second-order valence-corrected chi connectivity index (χ2v) is 7.11. The molecular formula is C20H18N4O2S. The molecule has 4 aromatic rings. The molecule has 0 radical (unpaired) electrons. The van der Waals surface area contributed by atoms with Crippen molar-refractivity contribution in [2.24, 2.45) is 0 Å². The summed E-state index contributed by atoms with van der Waals surface area (Å²) in [6.45, 7) is 2.24. The lowest BCUT2D eigenvalue weighted by Crippen LogP contribution is -2.23. The van der Waals surface area contributed by atoms with Gasteiger partial charge >= 0.3 is 0 Å². The highest BCUT2D eigenvalue weighted by Crippen LogP contribution is 2.26. The van der Waals surface area contributed by atoms with Gasteiger partial charge in [-0.05, 0) is 31.2 Å². The topological polar surface area (TPSA) is 72.4 Å². The Labute approximate surface area is 160 Å². The van der Waals surface area contributed by atoms with Gasteiger partial charge in [-0.3, -0.25) is 4.79 Å². The molecule has 0 saturated carbocycles. The number of rotatable bonds is 6. The normalized spacial score (nSPS) is 11.0. The highest BCUT2D eigenvalue weighted by molar-refractivity contribution is 7.98. The zero-order valence-corrected chi connectivity index (χ0v) is 15.6. The molecule has 0 saturated heterocycles. The highest BCUT2D eigenvalue weighted by atomic mass is 32.2. The SMILES string of the molecule is Cc1cc(CSc2ccccc2C(=O)NCc2cn3ccccc3n2)no1. The lowest BCUT2D eigenvalue weighted by Gasteiger charge is -2.08. The smallest absolute Gasteiger partial charge is 0.252 e. The maximum Gasteiger partial charge on any atom is 0.252 e. The Morgan fingerprint density at radius 1 is 1.19 bits per heavy atom. The summed E-state index contributed by atoms with van der Waals surface area (Å²) in [7, 11) is 0. The molecule has 3 heterocycles. The minimum Gasteiger partial charge on any atom is -0.361 e. The third-order valence-corrected chi connectivity index (χ3v) is 5.14. The summed E-state index contributed by atoms with van der Waals surface area (Å²) in [6.07, 6.45) is 3.86. The van der Waals surface area contributed by atoms with Crippen LogP contribution in [0.1, 0.15) is 27.5 Å². The van der Waals surface area contributed by atoms with E-state index in [9.17, 15) is 4.79 Å². The number of aryl methyl sites for hydroxylation is 1. The fourth-order valence-corrected chi connectivity index (χ4v) is 3.69. The van der Waals surface area contributed by atoms with Gasteiger partial charge in [0.25, 0.3) is 5.91 Å². The largest absolute Gasteiger partial charge is 0.361 e. The second kappa shape index (κ2) is 7.67. The molecule has 136 valence electrons. The first-order chi connectivity index (χ1) is 13.2. The van der Waals surface area contributed by atoms with Crippen molar-refractivity contribution in [2.75, 3.05) is 0 Å². The third kappa shape index (κ3) is 4.03. The van der Waals surface area contributed by atoms with Crippen molar-refractivity contribution in [2.45, 2.75) is 24.1 Å². The number of nitrogens with one attached hydrogen (secondary N) is 1. The van der Waals surface area contributed by atoms with Crippen molar-refractivity contribution >= 4 is 23.3 Å². The fraction of sp³-hybridized carbons (Fsp3) is 0.150. The predicted octanol–water partition coefficient (Wildman–Crippen LogP) is 3.85. The minimum absolute atomic E-state index is 0.119. The van der Waals surface area contributed by atoms with Crippen LogP contribution in [-0.2, 0) is 12.3 Å². The Bertz CT molecular complexity index is 1050. The van der Waals surface area contributed by atoms with Gasteiger partial charge in [0.15, 0.2) is 0 Å². The molecule has 1 N–H and O–H groups in total. The number of imidazole rings is 1. The molecule has 0 spiro atoms. The Kier molecular flexibility index (Phi) is 4.93. The van der Waals surface area contributed by atoms with Gasteiger partial charge in [-0.2, -0.15) is 0 Å². The van der Waals surface area contributed by atoms with Gasteiger partial charge in [-0.1, -0.05) is 23.4 Å². The molecule has 0 unspecified atom stereocenters. The number of carbonyl (C=O) groups excluding carboxylic acids is 1. The molecule has 4 rings (SSSR count). The number of benzene rings is 1. The Balaban J connectivity index is 1.43. The number of amides is 1. The summed E-state index contributed by atoms with van der Waals surface area (Å²) in [5.41, 5.74) is 3.18. The van der Waals surface area contributed by atoms with Crippen LogP contribution in [0.15, 0.2) is 70.3 Å². The maximum absolute atomic E-state index is 12.7. The van der Waals surface area contributed by atoms with Crippen LogP contribution in [-0.4, -0.2) is 20.4 Å². The average molecular weight is 378 g/mol. The lowest BCUT2D eigenvalue weighted by atomic mass is 10.2. The van der Waals surface area contributed by atoms with Crippen LogP contribution in [0.5, 0.6) is 0 Å². The van der Waals surface area contributed by atoms with Gasteiger partial charge in [-0.25, -0.2) is 4.98 Å². The van der Waals surface area contributed by atoms with Gasteiger partial charge in [0, 0.05) is 29.1 Å². The first-order valence-corrected chi connectivity index (χ1v) is 9.52. The number of carbonyl (C=O) groups is 1. The number of hydrogen-bond acceptors (Lipinski definition) is 5. The van der Waals surface area contributed by atoms with Crippen molar-refractivity contribution in [1.29, 1.82) is 0 Å². The van der Waals surface area contributed by atoms with E-state index >= 15 is 0 Å². The Hall–Kier alpha value is -3.06. The molecule has 0 bridgehead atoms. The Morgan fingerprint density at radius 3 is 2.85 bits per heavy atom. The molecule has 0 fully saturated rings. The number of aromatic nitrogens is 3. The van der Waals surface area contributed by atoms with Crippen molar-refractivity contribution in [3.63, 3.8) is 0 Å². The van der Waals surface area contributed by atoms with Crippen molar-refractivity contribution in [3.8, 4) is 0 Å². The van der Waals surface area contributed by atoms with Gasteiger partial charge in [0.05, 0.1) is 23.5 Å². The summed E-state index contributed by atoms with van der Waals surface area (Å²) in [5, 5.41) is 6.95. The predicted molar refractivity (Wildman–Crippen MR) is 104 cm³/mol. The fourth-order valence-electron chi connectivity index (χ4n) is 2.76. The van der Waals surface area contributed by atoms with Crippen molar-refractivity contribution < 1.29 is 9.32 Å². The molecule has 1 amide bonds. The second-order valence-electron chi connectivity index (χ2n) is 6.09. The van der Waals surface area contributed by atoms with E-state index in [-0.39, 0.29) is 5.91 Å². The number of fused-ring (bicyclic) bond motifs is 1. The van der Waals surface area contributed by atoms with E-state index in [1.165, 1.54) is 0 Å². The quantitative estimate of drug-likeness (QED) is 0.516. The number of thioether (sulfide) groups is 1. The number of pyridine rings is 1. The van der Waals surface area contributed by atoms with Gasteiger partial charge in [0.2, 0.25) is 0 Å². The monoisotopic (exact) mass is 378 g/mol. The van der Waals surface area contributed by atoms with E-state index < -0.39 is 0 Å². The molecule has 6 nitrogen and oxygen atoms in total. The van der Waals surface area contributed by atoms with Crippen molar-refractivity contribution in [3.05, 3.63) is 83.6 Å². The number of nitrogens with zero attached hydrogens (tertiary/aromatic N) is 3. The van der Waals surface area contributed by atoms with E-state index in [2.05, 4.69) is 15.5 Å². The first-order valence-electron chi connectivity index (χ1n) is 8.54. The third-order valence-electron chi connectivity index (χ3n) is 4.03. The van der Waals surface area contributed by atoms with E-state index in [1.54, 1.807) is 11.8 Å². The molecule has 3 aromatic heterocycles. The number of hydrogen-bond donors (Lipinski definition) is 1. The summed E-state index contributed by atoms with van der Waals surface area (Å²) in [4.78, 5) is 18.1. The molecular weight excluding hydrogens is 360 g/mol. The van der Waals surface area contributed by atoms with Crippen LogP contribution >= 0.6 is 11.8 Å². The van der Waals surface area contributed by atoms with Crippen LogP contribution in [0.4, 0.5) is 0 Å². The van der Waals surface area contributed by atoms with Crippen LogP contribution < -0.4 is 5.32 Å². The molecule has 27 heavy (non-hydrogen) atoms. The van der Waals surface area contributed by atoms with Gasteiger partial charge in [-0.15, -0.1) is 11.8 Å². The molecule has 0 aliphatic carbocycles. The van der Waals surface area contributed by atoms with Crippen LogP contribution in [0.3, 0.4) is 0 Å². The maximum atomic E-state index is 12.7. The summed E-state index contributed by atoms with van der Waals surface area (Å²) in [5.74, 6) is 1.31. The van der Waals surface area contributed by atoms with Gasteiger partial charge in [0.1, 0.15) is 11.4 Å². The van der Waals surface area contributed by atoms with Crippen LogP contribution in [0.2, 0.25) is 0 Å². The summed E-state index contributed by atoms with van der Waals surface area (Å²) >= 11 is 1.56. The summed E-state index contributed by atoms with van der Waals surface area (Å²) in [6, 6.07) is 15.3. The van der Waals surface area contributed by atoms with Crippen LogP contribution in [0.25, 0.3) is 5.65 Å². The molecule has 0 aliphatic rings. The Morgan fingerprint density at radius 2 is 2.04 bits per heavy atom. The zero-order chi connectivity index (χ0) is 18.6. The molecule has 1 aromatic carbocycles. The average Bonchev–Trinajstić information content (AvgIpc) is 3.30. The van der Waals surface area contributed by atoms with Crippen LogP contribution in [0, 0.1) is 6.92 Å². The standard InChI is InChI=1S/C20H18N4O2S/c1-14-10-15(23-26-14)13-27-18-7-3-2-6-17(18)20(25)21-11-16-12-24-9-5-4-8-19(24)22-16/h2-10,12H,11,13H2,1H3,(H,21,25).